The number of nitrogens with one attached hydrogen (secondary N) is 2. The molecule has 2 heterocycles. The van der Waals surface area contributed by atoms with Gasteiger partial charge < -0.3 is 10.1 Å². The Labute approximate surface area is 143 Å². The largest absolute Gasteiger partial charge is 0.493 e. The Morgan fingerprint density at radius 2 is 2.08 bits per heavy atom. The summed E-state index contributed by atoms with van der Waals surface area (Å²) in [6.45, 7) is 1.06. The van der Waals surface area contributed by atoms with Crippen LogP contribution in [-0.2, 0) is 6.54 Å². The Kier molecular flexibility index (Phi) is 4.19. The number of H-pyrrole nitrogens is 1. The molecule has 0 saturated carbocycles. The minimum Gasteiger partial charge on any atom is -0.493 e. The molecule has 2 aromatic carbocycles. The molecule has 0 aliphatic carbocycles. The monoisotopic (exact) mass is 341 g/mol. The van der Waals surface area contributed by atoms with E-state index in [-0.39, 0.29) is 17.7 Å². The van der Waals surface area contributed by atoms with Crippen molar-refractivity contribution in [1.82, 2.24) is 15.5 Å². The Morgan fingerprint density at radius 3 is 2.96 bits per heavy atom. The fourth-order valence-corrected chi connectivity index (χ4v) is 3.15. The predicted octanol–water partition coefficient (Wildman–Crippen LogP) is 3.97. The van der Waals surface area contributed by atoms with Gasteiger partial charge in [-0.1, -0.05) is 12.1 Å². The van der Waals surface area contributed by atoms with E-state index in [0.717, 1.165) is 17.5 Å². The van der Waals surface area contributed by atoms with Gasteiger partial charge in [-0.3, -0.25) is 5.10 Å². The number of halogens is 2. The van der Waals surface area contributed by atoms with Gasteiger partial charge in [-0.05, 0) is 30.3 Å². The molecule has 1 unspecified atom stereocenters. The Bertz CT molecular complexity index is 894. The minimum absolute atomic E-state index is 0.0252. The molecule has 0 fully saturated rings. The van der Waals surface area contributed by atoms with Crippen molar-refractivity contribution in [3.63, 3.8) is 0 Å². The summed E-state index contributed by atoms with van der Waals surface area (Å²) in [6.07, 6.45) is 2.42. The molecule has 1 atom stereocenters. The summed E-state index contributed by atoms with van der Waals surface area (Å²) in [5, 5.41) is 10.3. The highest BCUT2D eigenvalue weighted by Gasteiger charge is 2.22. The maximum atomic E-state index is 14.0. The highest BCUT2D eigenvalue weighted by atomic mass is 19.1. The average Bonchev–Trinajstić information content (AvgIpc) is 3.08. The van der Waals surface area contributed by atoms with Gasteiger partial charge in [0.25, 0.3) is 0 Å². The van der Waals surface area contributed by atoms with Crippen LogP contribution in [0.15, 0.2) is 48.7 Å². The second-order valence-corrected chi connectivity index (χ2v) is 6.00. The molecule has 4 nitrogen and oxygen atoms in total. The van der Waals surface area contributed by atoms with Gasteiger partial charge >= 0.3 is 0 Å². The first kappa shape index (κ1) is 15.8. The van der Waals surface area contributed by atoms with Crippen LogP contribution in [0, 0.1) is 11.6 Å². The molecule has 25 heavy (non-hydrogen) atoms. The summed E-state index contributed by atoms with van der Waals surface area (Å²) in [4.78, 5) is 0. The zero-order valence-electron chi connectivity index (χ0n) is 13.4. The normalized spacial score (nSPS) is 16.3. The molecule has 1 aliphatic heterocycles. The maximum Gasteiger partial charge on any atom is 0.132 e. The lowest BCUT2D eigenvalue weighted by molar-refractivity contribution is 0.251. The van der Waals surface area contributed by atoms with Gasteiger partial charge in [0.05, 0.1) is 18.5 Å². The van der Waals surface area contributed by atoms with Gasteiger partial charge in [0.2, 0.25) is 0 Å². The van der Waals surface area contributed by atoms with Crippen LogP contribution in [0.25, 0.3) is 11.3 Å². The van der Waals surface area contributed by atoms with Crippen LogP contribution >= 0.6 is 0 Å². The molecular formula is C19H17F2N3O. The van der Waals surface area contributed by atoms with Crippen molar-refractivity contribution in [1.29, 1.82) is 0 Å². The van der Waals surface area contributed by atoms with Crippen LogP contribution < -0.4 is 10.1 Å². The number of ether oxygens (including phenoxy) is 1. The van der Waals surface area contributed by atoms with Gasteiger partial charge in [0.1, 0.15) is 17.4 Å². The second kappa shape index (κ2) is 6.64. The van der Waals surface area contributed by atoms with Crippen LogP contribution in [-0.4, -0.2) is 16.8 Å². The number of hydrogen-bond acceptors (Lipinski definition) is 3. The topological polar surface area (TPSA) is 49.9 Å². The third-order valence-electron chi connectivity index (χ3n) is 4.41. The zero-order valence-corrected chi connectivity index (χ0v) is 13.4. The number of benzene rings is 2. The summed E-state index contributed by atoms with van der Waals surface area (Å²) in [5.74, 6) is 0.115. The number of aromatic amines is 1. The lowest BCUT2D eigenvalue weighted by Crippen LogP contribution is -2.27. The molecule has 128 valence electrons. The molecule has 0 bridgehead atoms. The van der Waals surface area contributed by atoms with E-state index in [0.29, 0.717) is 30.2 Å². The SMILES string of the molecule is Fc1ccc2c(c1)C(NCc1cn[nH]c1-c1ccccc1F)CCO2. The van der Waals surface area contributed by atoms with Crippen LogP contribution in [0.3, 0.4) is 0 Å². The third kappa shape index (κ3) is 3.13. The fourth-order valence-electron chi connectivity index (χ4n) is 3.15. The number of hydrogen-bond donors (Lipinski definition) is 2. The number of fused-ring (bicyclic) bond motifs is 1. The van der Waals surface area contributed by atoms with Crippen molar-refractivity contribution in [3.05, 3.63) is 71.4 Å². The number of nitrogens with zero attached hydrogens (tertiary/aromatic N) is 1. The second-order valence-electron chi connectivity index (χ2n) is 6.00. The first-order chi connectivity index (χ1) is 12.2. The van der Waals surface area contributed by atoms with Crippen LogP contribution in [0.4, 0.5) is 8.78 Å². The van der Waals surface area contributed by atoms with Gasteiger partial charge in [0, 0.05) is 35.7 Å². The molecular weight excluding hydrogens is 324 g/mol. The average molecular weight is 341 g/mol. The van der Waals surface area contributed by atoms with E-state index in [2.05, 4.69) is 15.5 Å². The molecule has 1 aliphatic rings. The Hall–Kier alpha value is -2.73. The first-order valence-electron chi connectivity index (χ1n) is 8.15. The quantitative estimate of drug-likeness (QED) is 0.755. The lowest BCUT2D eigenvalue weighted by atomic mass is 9.99. The minimum atomic E-state index is -0.300. The molecule has 0 amide bonds. The Morgan fingerprint density at radius 1 is 1.20 bits per heavy atom. The van der Waals surface area contributed by atoms with Crippen molar-refractivity contribution in [2.75, 3.05) is 6.61 Å². The molecule has 6 heteroatoms. The van der Waals surface area contributed by atoms with Crippen molar-refractivity contribution in [3.8, 4) is 17.0 Å². The lowest BCUT2D eigenvalue weighted by Gasteiger charge is -2.26. The van der Waals surface area contributed by atoms with Crippen molar-refractivity contribution in [2.45, 2.75) is 19.0 Å². The first-order valence-corrected chi connectivity index (χ1v) is 8.15. The van der Waals surface area contributed by atoms with Gasteiger partial charge in [0.15, 0.2) is 0 Å². The zero-order chi connectivity index (χ0) is 17.2. The highest BCUT2D eigenvalue weighted by molar-refractivity contribution is 5.63. The van der Waals surface area contributed by atoms with Crippen LogP contribution in [0.5, 0.6) is 5.75 Å². The van der Waals surface area contributed by atoms with Crippen LogP contribution in [0.1, 0.15) is 23.6 Å². The molecule has 4 rings (SSSR count). The predicted molar refractivity (Wildman–Crippen MR) is 90.1 cm³/mol. The molecule has 2 N–H and O–H groups in total. The summed E-state index contributed by atoms with van der Waals surface area (Å²) in [6, 6.07) is 11.1. The smallest absolute Gasteiger partial charge is 0.132 e. The molecule has 0 spiro atoms. The summed E-state index contributed by atoms with van der Waals surface area (Å²) in [5.41, 5.74) is 2.80. The Balaban J connectivity index is 1.55. The fraction of sp³-hybridized carbons (Fsp3) is 0.211. The summed E-state index contributed by atoms with van der Waals surface area (Å²) in [7, 11) is 0. The van der Waals surface area contributed by atoms with E-state index < -0.39 is 0 Å². The van der Waals surface area contributed by atoms with Crippen LogP contribution in [0.2, 0.25) is 0 Å². The van der Waals surface area contributed by atoms with Gasteiger partial charge in [-0.2, -0.15) is 5.10 Å². The van der Waals surface area contributed by atoms with Crippen molar-refractivity contribution < 1.29 is 13.5 Å². The van der Waals surface area contributed by atoms with E-state index in [1.165, 1.54) is 18.2 Å². The maximum absolute atomic E-state index is 14.0. The van der Waals surface area contributed by atoms with E-state index in [4.69, 9.17) is 4.74 Å². The van der Waals surface area contributed by atoms with Crippen molar-refractivity contribution in [2.24, 2.45) is 0 Å². The van der Waals surface area contributed by atoms with E-state index >= 15 is 0 Å². The molecule has 0 radical (unpaired) electrons. The van der Waals surface area contributed by atoms with E-state index in [9.17, 15) is 8.78 Å². The summed E-state index contributed by atoms with van der Waals surface area (Å²) >= 11 is 0. The molecule has 3 aromatic rings. The highest BCUT2D eigenvalue weighted by Crippen LogP contribution is 2.33. The number of rotatable bonds is 4. The third-order valence-corrected chi connectivity index (χ3v) is 4.41. The van der Waals surface area contributed by atoms with Gasteiger partial charge in [-0.25, -0.2) is 8.78 Å². The van der Waals surface area contributed by atoms with Gasteiger partial charge in [-0.15, -0.1) is 0 Å². The molecule has 0 saturated heterocycles. The molecule has 1 aromatic heterocycles. The van der Waals surface area contributed by atoms with E-state index in [1.54, 1.807) is 30.5 Å². The van der Waals surface area contributed by atoms with E-state index in [1.807, 2.05) is 0 Å². The summed E-state index contributed by atoms with van der Waals surface area (Å²) < 4.78 is 33.2. The number of aromatic nitrogens is 2. The standard InChI is InChI=1S/C19H17F2N3O/c20-13-5-6-18-15(9-13)17(7-8-25-18)22-10-12-11-23-24-19(12)14-3-1-2-4-16(14)21/h1-6,9,11,17,22H,7-8,10H2,(H,23,24). The van der Waals surface area contributed by atoms with Crippen molar-refractivity contribution >= 4 is 0 Å².